The molecule has 6 heteroatoms. The molecule has 1 aromatic carbocycles. The van der Waals surface area contributed by atoms with Crippen LogP contribution in [0.1, 0.15) is 30.1 Å². The molecule has 1 heterocycles. The quantitative estimate of drug-likeness (QED) is 0.858. The molecule has 2 aromatic rings. The fourth-order valence-corrected chi connectivity index (χ4v) is 2.44. The van der Waals surface area contributed by atoms with Crippen molar-refractivity contribution < 1.29 is 0 Å². The van der Waals surface area contributed by atoms with Gasteiger partial charge in [-0.15, -0.1) is 0 Å². The fraction of sp³-hybridized carbons (Fsp3) is 0.286. The summed E-state index contributed by atoms with van der Waals surface area (Å²) in [6.07, 6.45) is 2.28. The van der Waals surface area contributed by atoms with Crippen molar-refractivity contribution in [3.63, 3.8) is 0 Å². The molecular formula is C14H14BrClN4. The van der Waals surface area contributed by atoms with Crippen molar-refractivity contribution in [3.05, 3.63) is 39.1 Å². The number of aromatic nitrogens is 2. The lowest BCUT2D eigenvalue weighted by Crippen LogP contribution is -2.06. The van der Waals surface area contributed by atoms with Crippen LogP contribution in [0.2, 0.25) is 5.02 Å². The van der Waals surface area contributed by atoms with Gasteiger partial charge in [0.05, 0.1) is 10.7 Å². The van der Waals surface area contributed by atoms with Gasteiger partial charge in [0, 0.05) is 16.0 Å². The summed E-state index contributed by atoms with van der Waals surface area (Å²) in [5.41, 5.74) is 7.61. The van der Waals surface area contributed by atoms with E-state index in [1.54, 1.807) is 0 Å². The van der Waals surface area contributed by atoms with E-state index in [4.69, 9.17) is 17.3 Å². The minimum absolute atomic E-state index is 0.455. The van der Waals surface area contributed by atoms with Crippen LogP contribution in [-0.2, 0) is 0 Å². The molecule has 0 saturated heterocycles. The van der Waals surface area contributed by atoms with Gasteiger partial charge in [-0.3, -0.25) is 0 Å². The van der Waals surface area contributed by atoms with Crippen molar-refractivity contribution in [3.8, 4) is 0 Å². The van der Waals surface area contributed by atoms with Gasteiger partial charge in [-0.2, -0.15) is 0 Å². The zero-order chi connectivity index (χ0) is 14.3. The molecule has 0 amide bonds. The highest BCUT2D eigenvalue weighted by molar-refractivity contribution is 9.10. The van der Waals surface area contributed by atoms with E-state index in [9.17, 15) is 0 Å². The molecule has 3 N–H and O–H groups in total. The lowest BCUT2D eigenvalue weighted by molar-refractivity contribution is 0.928. The van der Waals surface area contributed by atoms with Crippen LogP contribution in [0.15, 0.2) is 22.7 Å². The Kier molecular flexibility index (Phi) is 3.56. The van der Waals surface area contributed by atoms with Crippen LogP contribution in [0.5, 0.6) is 0 Å². The normalized spacial score (nSPS) is 14.3. The summed E-state index contributed by atoms with van der Waals surface area (Å²) in [5.74, 6) is 2.52. The lowest BCUT2D eigenvalue weighted by atomic mass is 10.2. The third-order valence-corrected chi connectivity index (χ3v) is 4.15. The minimum atomic E-state index is 0.455. The Morgan fingerprint density at radius 1 is 1.35 bits per heavy atom. The van der Waals surface area contributed by atoms with Crippen molar-refractivity contribution in [1.29, 1.82) is 0 Å². The predicted octanol–water partition coefficient (Wildman–Crippen LogP) is 4.40. The van der Waals surface area contributed by atoms with Crippen LogP contribution in [0.25, 0.3) is 0 Å². The third kappa shape index (κ3) is 2.74. The number of nitrogen functional groups attached to an aromatic ring is 1. The molecule has 1 fully saturated rings. The highest BCUT2D eigenvalue weighted by Gasteiger charge is 2.28. The van der Waals surface area contributed by atoms with Gasteiger partial charge in [-0.1, -0.05) is 27.5 Å². The molecule has 104 valence electrons. The second-order valence-corrected chi connectivity index (χ2v) is 6.29. The Bertz CT molecular complexity index is 670. The number of benzene rings is 1. The Labute approximate surface area is 130 Å². The summed E-state index contributed by atoms with van der Waals surface area (Å²) < 4.78 is 0.950. The van der Waals surface area contributed by atoms with Crippen LogP contribution >= 0.6 is 27.5 Å². The molecule has 1 aromatic heterocycles. The van der Waals surface area contributed by atoms with Crippen molar-refractivity contribution in [1.82, 2.24) is 9.97 Å². The van der Waals surface area contributed by atoms with Crippen LogP contribution in [0, 0.1) is 6.92 Å². The van der Waals surface area contributed by atoms with Gasteiger partial charge in [-0.05, 0) is 38.0 Å². The molecule has 1 aliphatic rings. The van der Waals surface area contributed by atoms with Crippen molar-refractivity contribution >= 4 is 44.9 Å². The van der Waals surface area contributed by atoms with E-state index >= 15 is 0 Å². The van der Waals surface area contributed by atoms with Gasteiger partial charge in [0.15, 0.2) is 0 Å². The number of hydrogen-bond donors (Lipinski definition) is 2. The van der Waals surface area contributed by atoms with Crippen LogP contribution in [-0.4, -0.2) is 9.97 Å². The van der Waals surface area contributed by atoms with Crippen molar-refractivity contribution in [2.24, 2.45) is 0 Å². The topological polar surface area (TPSA) is 63.8 Å². The first-order valence-electron chi connectivity index (χ1n) is 6.40. The Balaban J connectivity index is 1.99. The highest BCUT2D eigenvalue weighted by Crippen LogP contribution is 2.39. The molecule has 0 radical (unpaired) electrons. The molecule has 4 nitrogen and oxygen atoms in total. The zero-order valence-electron chi connectivity index (χ0n) is 11.0. The van der Waals surface area contributed by atoms with E-state index in [1.165, 1.54) is 0 Å². The first-order valence-corrected chi connectivity index (χ1v) is 7.58. The van der Waals surface area contributed by atoms with E-state index in [0.717, 1.165) is 40.2 Å². The van der Waals surface area contributed by atoms with Gasteiger partial charge in [0.2, 0.25) is 0 Å². The maximum Gasteiger partial charge on any atom is 0.139 e. The van der Waals surface area contributed by atoms with Gasteiger partial charge in [-0.25, -0.2) is 9.97 Å². The summed E-state index contributed by atoms with van der Waals surface area (Å²) in [6, 6.07) is 5.64. The van der Waals surface area contributed by atoms with Crippen LogP contribution in [0.4, 0.5) is 17.3 Å². The summed E-state index contributed by atoms with van der Waals surface area (Å²) in [5, 5.41) is 3.89. The fourth-order valence-electron chi connectivity index (χ4n) is 1.92. The van der Waals surface area contributed by atoms with Crippen molar-refractivity contribution in [2.75, 3.05) is 11.1 Å². The number of nitrogens with zero attached hydrogens (tertiary/aromatic N) is 2. The standard InChI is InChI=1S/C14H14BrClN4/c1-7-12(17)19-14(8-2-3-8)20-13(7)18-11-6-9(15)4-5-10(11)16/h4-6,8H,2-3H2,1H3,(H3,17,18,19,20). The molecule has 0 spiro atoms. The Morgan fingerprint density at radius 3 is 2.80 bits per heavy atom. The Hall–Kier alpha value is -1.33. The van der Waals surface area contributed by atoms with Gasteiger partial charge >= 0.3 is 0 Å². The van der Waals surface area contributed by atoms with Gasteiger partial charge in [0.25, 0.3) is 0 Å². The zero-order valence-corrected chi connectivity index (χ0v) is 13.3. The molecule has 1 saturated carbocycles. The summed E-state index contributed by atoms with van der Waals surface area (Å²) in [4.78, 5) is 8.95. The molecular weight excluding hydrogens is 340 g/mol. The van der Waals surface area contributed by atoms with Gasteiger partial charge in [0.1, 0.15) is 17.5 Å². The van der Waals surface area contributed by atoms with Crippen molar-refractivity contribution in [2.45, 2.75) is 25.7 Å². The second kappa shape index (κ2) is 5.22. The summed E-state index contributed by atoms with van der Waals surface area (Å²) >= 11 is 9.63. The van der Waals surface area contributed by atoms with Crippen LogP contribution in [0.3, 0.4) is 0 Å². The number of nitrogens with one attached hydrogen (secondary N) is 1. The molecule has 0 atom stereocenters. The maximum atomic E-state index is 6.19. The number of rotatable bonds is 3. The molecule has 20 heavy (non-hydrogen) atoms. The Morgan fingerprint density at radius 2 is 2.10 bits per heavy atom. The largest absolute Gasteiger partial charge is 0.383 e. The third-order valence-electron chi connectivity index (χ3n) is 3.32. The molecule has 3 rings (SSSR count). The van der Waals surface area contributed by atoms with Crippen LogP contribution < -0.4 is 11.1 Å². The summed E-state index contributed by atoms with van der Waals surface area (Å²) in [6.45, 7) is 1.90. The first kappa shape index (κ1) is 13.6. The van der Waals surface area contributed by atoms with E-state index in [2.05, 4.69) is 31.2 Å². The minimum Gasteiger partial charge on any atom is -0.383 e. The lowest BCUT2D eigenvalue weighted by Gasteiger charge is -2.13. The number of hydrogen-bond acceptors (Lipinski definition) is 4. The summed E-state index contributed by atoms with van der Waals surface area (Å²) in [7, 11) is 0. The number of nitrogens with two attached hydrogens (primary N) is 1. The average molecular weight is 354 g/mol. The molecule has 0 unspecified atom stereocenters. The molecule has 0 bridgehead atoms. The average Bonchev–Trinajstić information content (AvgIpc) is 3.23. The molecule has 0 aliphatic heterocycles. The first-order chi connectivity index (χ1) is 9.54. The maximum absolute atomic E-state index is 6.19. The smallest absolute Gasteiger partial charge is 0.139 e. The van der Waals surface area contributed by atoms with E-state index in [0.29, 0.717) is 16.8 Å². The van der Waals surface area contributed by atoms with E-state index in [-0.39, 0.29) is 0 Å². The monoisotopic (exact) mass is 352 g/mol. The highest BCUT2D eigenvalue weighted by atomic mass is 79.9. The molecule has 1 aliphatic carbocycles. The second-order valence-electron chi connectivity index (χ2n) is 4.96. The van der Waals surface area contributed by atoms with Gasteiger partial charge < -0.3 is 11.1 Å². The van der Waals surface area contributed by atoms with E-state index < -0.39 is 0 Å². The van der Waals surface area contributed by atoms with E-state index in [1.807, 2.05) is 25.1 Å². The number of halogens is 2. The number of anilines is 3. The predicted molar refractivity (Wildman–Crippen MR) is 85.6 cm³/mol. The SMILES string of the molecule is Cc1c(N)nc(C2CC2)nc1Nc1cc(Br)ccc1Cl.